The van der Waals surface area contributed by atoms with Crippen LogP contribution in [0.5, 0.6) is 0 Å². The molecule has 84 valence electrons. The molecule has 2 rings (SSSR count). The average molecular weight is 238 g/mol. The Morgan fingerprint density at radius 3 is 3.12 bits per heavy atom. The van der Waals surface area contributed by atoms with Crippen LogP contribution in [0.15, 0.2) is 11.7 Å². The molecule has 0 aliphatic heterocycles. The molecule has 2 aromatic rings. The molecule has 0 aliphatic rings. The number of hydrogen-bond acceptors (Lipinski definition) is 6. The van der Waals surface area contributed by atoms with Crippen molar-refractivity contribution in [1.29, 1.82) is 0 Å². The second-order valence-electron chi connectivity index (χ2n) is 3.06. The van der Waals surface area contributed by atoms with Crippen LogP contribution in [-0.2, 0) is 17.8 Å². The highest BCUT2D eigenvalue weighted by Crippen LogP contribution is 2.11. The average Bonchev–Trinajstić information content (AvgIpc) is 2.87. The van der Waals surface area contributed by atoms with Crippen molar-refractivity contribution < 1.29 is 4.79 Å². The third kappa shape index (κ3) is 2.76. The zero-order valence-corrected chi connectivity index (χ0v) is 9.12. The summed E-state index contributed by atoms with van der Waals surface area (Å²) in [6.45, 7) is 0.332. The van der Waals surface area contributed by atoms with E-state index >= 15 is 0 Å². The van der Waals surface area contributed by atoms with Crippen molar-refractivity contribution in [3.05, 3.63) is 23.2 Å². The minimum Gasteiger partial charge on any atom is -0.375 e. The number of nitrogens with one attached hydrogen (secondary N) is 2. The third-order valence-electron chi connectivity index (χ3n) is 1.83. The van der Waals surface area contributed by atoms with Gasteiger partial charge in [0, 0.05) is 5.38 Å². The van der Waals surface area contributed by atoms with Crippen LogP contribution in [0.2, 0.25) is 0 Å². The number of anilines is 1. The Morgan fingerprint density at radius 1 is 1.62 bits per heavy atom. The summed E-state index contributed by atoms with van der Waals surface area (Å²) in [7, 11) is 0. The normalized spacial score (nSPS) is 10.2. The van der Waals surface area contributed by atoms with Crippen molar-refractivity contribution in [1.82, 2.24) is 25.5 Å². The number of aromatic nitrogens is 4. The Bertz CT molecular complexity index is 465. The molecule has 0 aromatic carbocycles. The quantitative estimate of drug-likeness (QED) is 0.677. The molecule has 0 bridgehead atoms. The zero-order chi connectivity index (χ0) is 11.4. The second kappa shape index (κ2) is 4.71. The van der Waals surface area contributed by atoms with E-state index in [0.29, 0.717) is 23.2 Å². The number of thiazole rings is 1. The highest BCUT2D eigenvalue weighted by Gasteiger charge is 2.06. The summed E-state index contributed by atoms with van der Waals surface area (Å²) in [6, 6.07) is 0. The lowest BCUT2D eigenvalue weighted by atomic mass is 10.3. The van der Waals surface area contributed by atoms with Crippen LogP contribution in [0.3, 0.4) is 0 Å². The highest BCUT2D eigenvalue weighted by molar-refractivity contribution is 7.13. The summed E-state index contributed by atoms with van der Waals surface area (Å²) in [5.74, 6) is 0.493. The van der Waals surface area contributed by atoms with Crippen LogP contribution in [0.4, 0.5) is 5.13 Å². The highest BCUT2D eigenvalue weighted by atomic mass is 32.1. The lowest BCUT2D eigenvalue weighted by Gasteiger charge is -2.00. The number of nitrogen functional groups attached to an aromatic ring is 1. The summed E-state index contributed by atoms with van der Waals surface area (Å²) in [6.07, 6.45) is 1.62. The van der Waals surface area contributed by atoms with E-state index in [4.69, 9.17) is 5.73 Å². The number of rotatable bonds is 4. The van der Waals surface area contributed by atoms with Gasteiger partial charge in [0.15, 0.2) is 5.13 Å². The Kier molecular flexibility index (Phi) is 3.10. The first-order chi connectivity index (χ1) is 7.74. The molecule has 16 heavy (non-hydrogen) atoms. The van der Waals surface area contributed by atoms with E-state index in [9.17, 15) is 4.79 Å². The summed E-state index contributed by atoms with van der Waals surface area (Å²) >= 11 is 1.32. The van der Waals surface area contributed by atoms with E-state index in [2.05, 4.69) is 25.5 Å². The summed E-state index contributed by atoms with van der Waals surface area (Å²) in [5, 5.41) is 11.3. The zero-order valence-electron chi connectivity index (χ0n) is 8.30. The number of nitrogens with zero attached hydrogens (tertiary/aromatic N) is 3. The van der Waals surface area contributed by atoms with E-state index in [1.807, 2.05) is 0 Å². The number of aromatic amines is 1. The first-order valence-corrected chi connectivity index (χ1v) is 5.43. The van der Waals surface area contributed by atoms with E-state index in [1.54, 1.807) is 5.38 Å². The summed E-state index contributed by atoms with van der Waals surface area (Å²) in [4.78, 5) is 19.3. The van der Waals surface area contributed by atoms with E-state index < -0.39 is 0 Å². The van der Waals surface area contributed by atoms with Crippen molar-refractivity contribution in [3.63, 3.8) is 0 Å². The van der Waals surface area contributed by atoms with Crippen LogP contribution in [0.1, 0.15) is 11.5 Å². The lowest BCUT2D eigenvalue weighted by molar-refractivity contribution is -0.120. The molecule has 0 fully saturated rings. The van der Waals surface area contributed by atoms with Crippen LogP contribution < -0.4 is 11.1 Å². The van der Waals surface area contributed by atoms with Crippen LogP contribution in [0.25, 0.3) is 0 Å². The molecular formula is C8H10N6OS. The fourth-order valence-corrected chi connectivity index (χ4v) is 1.69. The van der Waals surface area contributed by atoms with Gasteiger partial charge in [0.2, 0.25) is 5.91 Å². The van der Waals surface area contributed by atoms with Gasteiger partial charge in [-0.25, -0.2) is 9.97 Å². The molecule has 7 nitrogen and oxygen atoms in total. The SMILES string of the molecule is Nc1nc(CC(=O)NCc2ncn[nH]2)cs1. The lowest BCUT2D eigenvalue weighted by Crippen LogP contribution is -2.25. The van der Waals surface area contributed by atoms with Gasteiger partial charge in [0.1, 0.15) is 12.2 Å². The molecule has 2 aromatic heterocycles. The maximum Gasteiger partial charge on any atom is 0.226 e. The molecule has 0 saturated carbocycles. The summed E-state index contributed by atoms with van der Waals surface area (Å²) < 4.78 is 0. The largest absolute Gasteiger partial charge is 0.375 e. The summed E-state index contributed by atoms with van der Waals surface area (Å²) in [5.41, 5.74) is 6.14. The van der Waals surface area contributed by atoms with Crippen LogP contribution in [-0.4, -0.2) is 26.1 Å². The number of hydrogen-bond donors (Lipinski definition) is 3. The van der Waals surface area contributed by atoms with E-state index in [-0.39, 0.29) is 12.3 Å². The Hall–Kier alpha value is -1.96. The van der Waals surface area contributed by atoms with Gasteiger partial charge in [-0.2, -0.15) is 5.10 Å². The fourth-order valence-electron chi connectivity index (χ4n) is 1.13. The number of carbonyl (C=O) groups is 1. The minimum absolute atomic E-state index is 0.123. The molecule has 0 saturated heterocycles. The minimum atomic E-state index is -0.123. The molecule has 0 radical (unpaired) electrons. The standard InChI is InChI=1S/C8H10N6OS/c9-8-13-5(3-16-8)1-7(15)10-2-6-11-4-12-14-6/h3-4H,1-2H2,(H2,9,13)(H,10,15)(H,11,12,14). The van der Waals surface area contributed by atoms with E-state index in [0.717, 1.165) is 0 Å². The van der Waals surface area contributed by atoms with Gasteiger partial charge in [-0.15, -0.1) is 11.3 Å². The molecule has 1 amide bonds. The van der Waals surface area contributed by atoms with Gasteiger partial charge in [0.05, 0.1) is 18.7 Å². The van der Waals surface area contributed by atoms with E-state index in [1.165, 1.54) is 17.7 Å². The third-order valence-corrected chi connectivity index (χ3v) is 2.55. The van der Waals surface area contributed by atoms with Crippen molar-refractivity contribution in [2.24, 2.45) is 0 Å². The molecule has 0 atom stereocenters. The monoisotopic (exact) mass is 238 g/mol. The smallest absolute Gasteiger partial charge is 0.226 e. The Balaban J connectivity index is 1.81. The van der Waals surface area contributed by atoms with Crippen LogP contribution in [0, 0.1) is 0 Å². The van der Waals surface area contributed by atoms with Gasteiger partial charge in [-0.3, -0.25) is 9.89 Å². The Morgan fingerprint density at radius 2 is 2.50 bits per heavy atom. The van der Waals surface area contributed by atoms with Crippen molar-refractivity contribution in [3.8, 4) is 0 Å². The van der Waals surface area contributed by atoms with Crippen molar-refractivity contribution in [2.45, 2.75) is 13.0 Å². The molecule has 4 N–H and O–H groups in total. The number of H-pyrrole nitrogens is 1. The van der Waals surface area contributed by atoms with Crippen molar-refractivity contribution >= 4 is 22.4 Å². The van der Waals surface area contributed by atoms with Gasteiger partial charge < -0.3 is 11.1 Å². The second-order valence-corrected chi connectivity index (χ2v) is 3.95. The Labute approximate surface area is 95.1 Å². The first kappa shape index (κ1) is 10.6. The van der Waals surface area contributed by atoms with Gasteiger partial charge >= 0.3 is 0 Å². The molecule has 0 unspecified atom stereocenters. The molecule has 0 aliphatic carbocycles. The predicted octanol–water partition coefficient (Wildman–Crippen LogP) is -0.298. The fraction of sp³-hybridized carbons (Fsp3) is 0.250. The molecule has 0 spiro atoms. The first-order valence-electron chi connectivity index (χ1n) is 4.55. The molecule has 8 heteroatoms. The van der Waals surface area contributed by atoms with Crippen LogP contribution >= 0.6 is 11.3 Å². The maximum absolute atomic E-state index is 11.5. The maximum atomic E-state index is 11.5. The topological polar surface area (TPSA) is 110 Å². The van der Waals surface area contributed by atoms with Gasteiger partial charge in [-0.1, -0.05) is 0 Å². The number of amides is 1. The predicted molar refractivity (Wildman–Crippen MR) is 58.5 cm³/mol. The molecule has 2 heterocycles. The number of nitrogens with two attached hydrogens (primary N) is 1. The molecular weight excluding hydrogens is 228 g/mol. The van der Waals surface area contributed by atoms with Crippen molar-refractivity contribution in [2.75, 3.05) is 5.73 Å². The van der Waals surface area contributed by atoms with Gasteiger partial charge in [0.25, 0.3) is 0 Å². The van der Waals surface area contributed by atoms with Gasteiger partial charge in [-0.05, 0) is 0 Å². The number of carbonyl (C=O) groups excluding carboxylic acids is 1.